The van der Waals surface area contributed by atoms with E-state index in [2.05, 4.69) is 31.2 Å². The second-order valence-electron chi connectivity index (χ2n) is 7.54. The molecule has 1 aromatic carbocycles. The van der Waals surface area contributed by atoms with Crippen LogP contribution in [0.5, 0.6) is 0 Å². The monoisotopic (exact) mass is 538 g/mol. The quantitative estimate of drug-likeness (QED) is 0.246. The van der Waals surface area contributed by atoms with Crippen LogP contribution in [-0.4, -0.2) is 66.4 Å². The van der Waals surface area contributed by atoms with Gasteiger partial charge in [-0.05, 0) is 44.4 Å². The van der Waals surface area contributed by atoms with Crippen LogP contribution in [0.15, 0.2) is 29.3 Å². The minimum Gasteiger partial charge on any atom is -0.356 e. The molecule has 1 atom stereocenters. The topological polar surface area (TPSA) is 57.5 Å². The summed E-state index contributed by atoms with van der Waals surface area (Å²) in [6, 6.07) is 8.10. The van der Waals surface area contributed by atoms with Crippen LogP contribution in [-0.2, 0) is 6.54 Å². The molecular weight excluding hydrogens is 508 g/mol. The molecule has 30 heavy (non-hydrogen) atoms. The van der Waals surface area contributed by atoms with Crippen molar-refractivity contribution in [2.45, 2.75) is 32.5 Å². The molecule has 3 rings (SSSR count). The summed E-state index contributed by atoms with van der Waals surface area (Å²) in [6.07, 6.45) is -2.45. The van der Waals surface area contributed by atoms with Crippen LogP contribution in [0.4, 0.5) is 13.2 Å². The maximum absolute atomic E-state index is 12.5. The van der Waals surface area contributed by atoms with Crippen LogP contribution in [0.25, 0.3) is 11.0 Å². The fraction of sp³-hybridized carbons (Fsp3) is 0.600. The molecule has 1 aliphatic rings. The molecule has 0 amide bonds. The Balaban J connectivity index is 0.00000320. The average molecular weight is 538 g/mol. The number of halogens is 4. The van der Waals surface area contributed by atoms with Crippen molar-refractivity contribution in [3.05, 3.63) is 30.1 Å². The van der Waals surface area contributed by atoms with Crippen LogP contribution < -0.4 is 10.6 Å². The van der Waals surface area contributed by atoms with E-state index in [9.17, 15) is 13.2 Å². The molecule has 168 valence electrons. The normalized spacial score (nSPS) is 17.9. The summed E-state index contributed by atoms with van der Waals surface area (Å²) < 4.78 is 39.7. The van der Waals surface area contributed by atoms with Crippen molar-refractivity contribution in [3.63, 3.8) is 0 Å². The van der Waals surface area contributed by atoms with Crippen LogP contribution in [0, 0.1) is 12.8 Å². The second kappa shape index (κ2) is 11.2. The third-order valence-electron chi connectivity index (χ3n) is 5.25. The number of aromatic nitrogens is 2. The molecule has 1 aliphatic heterocycles. The Morgan fingerprint density at radius 1 is 1.27 bits per heavy atom. The lowest BCUT2D eigenvalue weighted by atomic mass is 10.1. The molecule has 0 bridgehead atoms. The van der Waals surface area contributed by atoms with Crippen molar-refractivity contribution in [2.75, 3.05) is 39.8 Å². The predicted octanol–water partition coefficient (Wildman–Crippen LogP) is 3.40. The van der Waals surface area contributed by atoms with Gasteiger partial charge in [0.05, 0.1) is 17.6 Å². The van der Waals surface area contributed by atoms with Crippen molar-refractivity contribution in [2.24, 2.45) is 10.9 Å². The highest BCUT2D eigenvalue weighted by Gasteiger charge is 2.34. The molecule has 2 heterocycles. The van der Waals surface area contributed by atoms with Crippen molar-refractivity contribution >= 4 is 41.0 Å². The number of hydrogen-bond acceptors (Lipinski definition) is 3. The number of para-hydroxylation sites is 2. The molecular formula is C20H30F3IN6. The van der Waals surface area contributed by atoms with Crippen LogP contribution >= 0.6 is 24.0 Å². The molecule has 1 unspecified atom stereocenters. The van der Waals surface area contributed by atoms with E-state index in [1.54, 1.807) is 7.05 Å². The number of nitrogens with one attached hydrogen (secondary N) is 2. The Labute approximate surface area is 192 Å². The fourth-order valence-corrected chi connectivity index (χ4v) is 3.86. The van der Waals surface area contributed by atoms with E-state index in [4.69, 9.17) is 0 Å². The van der Waals surface area contributed by atoms with Crippen LogP contribution in [0.2, 0.25) is 0 Å². The first-order valence-electron chi connectivity index (χ1n) is 10.0. The summed E-state index contributed by atoms with van der Waals surface area (Å²) in [6.45, 7) is 4.38. The van der Waals surface area contributed by atoms with Gasteiger partial charge >= 0.3 is 6.18 Å². The van der Waals surface area contributed by atoms with E-state index < -0.39 is 12.7 Å². The van der Waals surface area contributed by atoms with Gasteiger partial charge in [0.25, 0.3) is 0 Å². The summed E-state index contributed by atoms with van der Waals surface area (Å²) in [5.74, 6) is 1.89. The number of hydrogen-bond donors (Lipinski definition) is 2. The molecule has 2 aromatic rings. The van der Waals surface area contributed by atoms with Gasteiger partial charge in [0, 0.05) is 33.2 Å². The van der Waals surface area contributed by atoms with E-state index in [0.717, 1.165) is 42.8 Å². The maximum atomic E-state index is 12.5. The maximum Gasteiger partial charge on any atom is 0.401 e. The highest BCUT2D eigenvalue weighted by Crippen LogP contribution is 2.22. The minimum atomic E-state index is -4.13. The van der Waals surface area contributed by atoms with Gasteiger partial charge in [-0.1, -0.05) is 12.1 Å². The highest BCUT2D eigenvalue weighted by molar-refractivity contribution is 14.0. The summed E-state index contributed by atoms with van der Waals surface area (Å²) in [5, 5.41) is 6.53. The summed E-state index contributed by atoms with van der Waals surface area (Å²) in [5.41, 5.74) is 2.14. The molecule has 1 saturated heterocycles. The van der Waals surface area contributed by atoms with Crippen molar-refractivity contribution in [1.29, 1.82) is 0 Å². The van der Waals surface area contributed by atoms with Gasteiger partial charge < -0.3 is 15.2 Å². The molecule has 0 aliphatic carbocycles. The first-order valence-corrected chi connectivity index (χ1v) is 10.0. The zero-order chi connectivity index (χ0) is 20.9. The minimum absolute atomic E-state index is 0. The number of benzene rings is 1. The molecule has 0 spiro atoms. The van der Waals surface area contributed by atoms with E-state index in [1.165, 1.54) is 4.90 Å². The molecule has 1 fully saturated rings. The lowest BCUT2D eigenvalue weighted by Crippen LogP contribution is -2.41. The summed E-state index contributed by atoms with van der Waals surface area (Å²) in [7, 11) is 1.70. The molecule has 0 saturated carbocycles. The Bertz CT molecular complexity index is 836. The largest absolute Gasteiger partial charge is 0.401 e. The predicted molar refractivity (Wildman–Crippen MR) is 124 cm³/mol. The number of fused-ring (bicyclic) bond motifs is 1. The van der Waals surface area contributed by atoms with Crippen LogP contribution in [0.1, 0.15) is 18.7 Å². The lowest BCUT2D eigenvalue weighted by Gasteiger charge is -2.18. The summed E-state index contributed by atoms with van der Waals surface area (Å²) in [4.78, 5) is 10.3. The number of nitrogens with zero attached hydrogens (tertiary/aromatic N) is 4. The fourth-order valence-electron chi connectivity index (χ4n) is 3.86. The number of likely N-dealkylation sites (tertiary alicyclic amines) is 1. The number of aliphatic imine (C=N–C) groups is 1. The van der Waals surface area contributed by atoms with E-state index in [0.29, 0.717) is 25.6 Å². The second-order valence-corrected chi connectivity index (χ2v) is 7.54. The molecule has 6 nitrogen and oxygen atoms in total. The van der Waals surface area contributed by atoms with E-state index in [1.807, 2.05) is 25.1 Å². The third-order valence-corrected chi connectivity index (χ3v) is 5.25. The number of imidazole rings is 1. The lowest BCUT2D eigenvalue weighted by molar-refractivity contribution is -0.143. The van der Waals surface area contributed by atoms with Crippen molar-refractivity contribution < 1.29 is 13.2 Å². The van der Waals surface area contributed by atoms with Gasteiger partial charge in [-0.15, -0.1) is 24.0 Å². The number of guanidine groups is 1. The molecule has 1 aromatic heterocycles. The van der Waals surface area contributed by atoms with Gasteiger partial charge in [0.15, 0.2) is 5.96 Å². The first-order chi connectivity index (χ1) is 13.9. The summed E-state index contributed by atoms with van der Waals surface area (Å²) >= 11 is 0. The Kier molecular flexibility index (Phi) is 9.20. The smallest absolute Gasteiger partial charge is 0.356 e. The van der Waals surface area contributed by atoms with E-state index >= 15 is 0 Å². The average Bonchev–Trinajstić information content (AvgIpc) is 3.23. The standard InChI is InChI=1S/C20H29F3N6.HI/c1-15-27-17-6-3-4-7-18(17)29(15)10-5-9-25-19(24-2)26-12-16-8-11-28(13-16)14-20(21,22)23;/h3-4,6-7,16H,5,8-14H2,1-2H3,(H2,24,25,26);1H. The number of rotatable bonds is 7. The van der Waals surface area contributed by atoms with Gasteiger partial charge in [-0.3, -0.25) is 9.89 Å². The molecule has 0 radical (unpaired) electrons. The van der Waals surface area contributed by atoms with Gasteiger partial charge in [0.2, 0.25) is 0 Å². The molecule has 2 N–H and O–H groups in total. The number of aryl methyl sites for hydroxylation is 2. The van der Waals surface area contributed by atoms with Gasteiger partial charge in [-0.25, -0.2) is 4.98 Å². The van der Waals surface area contributed by atoms with Gasteiger partial charge in [0.1, 0.15) is 5.82 Å². The van der Waals surface area contributed by atoms with Crippen molar-refractivity contribution in [3.8, 4) is 0 Å². The Morgan fingerprint density at radius 2 is 2.03 bits per heavy atom. The highest BCUT2D eigenvalue weighted by atomic mass is 127. The van der Waals surface area contributed by atoms with E-state index in [-0.39, 0.29) is 29.9 Å². The Hall–Kier alpha value is -1.56. The zero-order valence-corrected chi connectivity index (χ0v) is 19.7. The molecule has 10 heteroatoms. The first kappa shape index (κ1) is 24.7. The Morgan fingerprint density at radius 3 is 2.77 bits per heavy atom. The number of alkyl halides is 3. The van der Waals surface area contributed by atoms with Crippen molar-refractivity contribution in [1.82, 2.24) is 25.1 Å². The third kappa shape index (κ3) is 7.00. The zero-order valence-electron chi connectivity index (χ0n) is 17.4. The van der Waals surface area contributed by atoms with Crippen LogP contribution in [0.3, 0.4) is 0 Å². The SMILES string of the molecule is CN=C(NCCCn1c(C)nc2ccccc21)NCC1CCN(CC(F)(F)F)C1.I. The van der Waals surface area contributed by atoms with Gasteiger partial charge in [-0.2, -0.15) is 13.2 Å².